The fraction of sp³-hybridized carbons (Fsp3) is 0.174. The quantitative estimate of drug-likeness (QED) is 0.597. The Morgan fingerprint density at radius 3 is 1.80 bits per heavy atom. The molecule has 0 N–H and O–H groups in total. The molecule has 0 amide bonds. The predicted octanol–water partition coefficient (Wildman–Crippen LogP) is 5.42. The van der Waals surface area contributed by atoms with E-state index in [2.05, 4.69) is 0 Å². The van der Waals surface area contributed by atoms with E-state index in [4.69, 9.17) is 4.74 Å². The fourth-order valence-corrected chi connectivity index (χ4v) is 3.08. The molecule has 0 saturated carbocycles. The lowest BCUT2D eigenvalue weighted by Crippen LogP contribution is -2.30. The highest BCUT2D eigenvalue weighted by Crippen LogP contribution is 2.34. The Balaban J connectivity index is 2.03. The van der Waals surface area contributed by atoms with Gasteiger partial charge in [0, 0.05) is 0 Å². The van der Waals surface area contributed by atoms with Crippen molar-refractivity contribution in [2.75, 3.05) is 0 Å². The first kappa shape index (κ1) is 17.0. The summed E-state index contributed by atoms with van der Waals surface area (Å²) in [5.74, 6) is -0.312. The van der Waals surface area contributed by atoms with Crippen molar-refractivity contribution in [2.24, 2.45) is 0 Å². The Kier molecular flexibility index (Phi) is 4.71. The van der Waals surface area contributed by atoms with Crippen LogP contribution in [0.5, 0.6) is 0 Å². The molecule has 0 fully saturated rings. The molecule has 0 aliphatic heterocycles. The lowest BCUT2D eigenvalue weighted by atomic mass is 9.88. The van der Waals surface area contributed by atoms with Gasteiger partial charge in [-0.2, -0.15) is 0 Å². The number of aryl methyl sites for hydroxylation is 2. The smallest absolute Gasteiger partial charge is 0.339 e. The van der Waals surface area contributed by atoms with Gasteiger partial charge in [0.05, 0.1) is 5.56 Å². The van der Waals surface area contributed by atoms with Crippen molar-refractivity contribution in [1.29, 1.82) is 0 Å². The van der Waals surface area contributed by atoms with Crippen molar-refractivity contribution in [3.63, 3.8) is 0 Å². The van der Waals surface area contributed by atoms with E-state index >= 15 is 0 Å². The summed E-state index contributed by atoms with van der Waals surface area (Å²) in [7, 11) is 0. The third kappa shape index (κ3) is 3.48. The molecule has 3 aromatic carbocycles. The second-order valence-electron chi connectivity index (χ2n) is 6.47. The molecule has 0 aliphatic rings. The Morgan fingerprint density at radius 1 is 0.800 bits per heavy atom. The van der Waals surface area contributed by atoms with Gasteiger partial charge >= 0.3 is 5.97 Å². The monoisotopic (exact) mass is 330 g/mol. The third-order valence-electron chi connectivity index (χ3n) is 4.55. The Bertz CT molecular complexity index is 828. The second-order valence-corrected chi connectivity index (χ2v) is 6.47. The van der Waals surface area contributed by atoms with Crippen LogP contribution < -0.4 is 0 Å². The van der Waals surface area contributed by atoms with E-state index in [1.165, 1.54) is 0 Å². The number of hydrogen-bond acceptors (Lipinski definition) is 2. The molecular formula is C23H22O2. The number of rotatable bonds is 4. The largest absolute Gasteiger partial charge is 0.446 e. The molecule has 2 nitrogen and oxygen atoms in total. The average molecular weight is 330 g/mol. The maximum absolute atomic E-state index is 12.9. The van der Waals surface area contributed by atoms with Gasteiger partial charge in [-0.15, -0.1) is 0 Å². The van der Waals surface area contributed by atoms with E-state index in [-0.39, 0.29) is 5.97 Å². The number of ether oxygens (including phenoxy) is 1. The van der Waals surface area contributed by atoms with Gasteiger partial charge in [-0.25, -0.2) is 4.79 Å². The molecule has 0 spiro atoms. The minimum absolute atomic E-state index is 0.312. The second kappa shape index (κ2) is 6.94. The van der Waals surface area contributed by atoms with Gasteiger partial charge in [0.25, 0.3) is 0 Å². The molecule has 2 heteroatoms. The van der Waals surface area contributed by atoms with Crippen LogP contribution >= 0.6 is 0 Å². The number of carbonyl (C=O) groups is 1. The van der Waals surface area contributed by atoms with Crippen LogP contribution in [0.15, 0.2) is 78.9 Å². The van der Waals surface area contributed by atoms with E-state index in [1.54, 1.807) is 0 Å². The highest BCUT2D eigenvalue weighted by Gasteiger charge is 2.33. The molecule has 0 heterocycles. The van der Waals surface area contributed by atoms with Crippen LogP contribution in [0.25, 0.3) is 0 Å². The maximum Gasteiger partial charge on any atom is 0.339 e. The molecule has 0 bridgehead atoms. The minimum atomic E-state index is -0.850. The van der Waals surface area contributed by atoms with Gasteiger partial charge in [0.15, 0.2) is 5.60 Å². The van der Waals surface area contributed by atoms with E-state index in [0.717, 1.165) is 22.3 Å². The minimum Gasteiger partial charge on any atom is -0.446 e. The fourth-order valence-electron chi connectivity index (χ4n) is 3.08. The lowest BCUT2D eigenvalue weighted by Gasteiger charge is -2.31. The SMILES string of the molecule is Cc1ccc(C(=O)OC(C)(c2ccccc2)c2ccccc2)c(C)c1. The molecule has 3 aromatic rings. The molecule has 0 unspecified atom stereocenters. The van der Waals surface area contributed by atoms with Gasteiger partial charge < -0.3 is 4.74 Å². The molecule has 25 heavy (non-hydrogen) atoms. The summed E-state index contributed by atoms with van der Waals surface area (Å²) in [6.07, 6.45) is 0. The standard InChI is InChI=1S/C23H22O2/c1-17-14-15-21(18(2)16-17)22(24)25-23(3,19-10-6-4-7-11-19)20-12-8-5-9-13-20/h4-16H,1-3H3. The molecular weight excluding hydrogens is 308 g/mol. The summed E-state index contributed by atoms with van der Waals surface area (Å²) in [6.45, 7) is 5.89. The van der Waals surface area contributed by atoms with Crippen LogP contribution in [0.2, 0.25) is 0 Å². The normalized spacial score (nSPS) is 11.2. The van der Waals surface area contributed by atoms with Crippen molar-refractivity contribution in [1.82, 2.24) is 0 Å². The summed E-state index contributed by atoms with van der Waals surface area (Å²) in [5, 5.41) is 0. The molecule has 3 rings (SSSR count). The first-order chi connectivity index (χ1) is 12.0. The van der Waals surface area contributed by atoms with Crippen LogP contribution in [0.3, 0.4) is 0 Å². The average Bonchev–Trinajstić information content (AvgIpc) is 2.63. The molecule has 0 aliphatic carbocycles. The zero-order valence-electron chi connectivity index (χ0n) is 14.8. The summed E-state index contributed by atoms with van der Waals surface area (Å²) >= 11 is 0. The topological polar surface area (TPSA) is 26.3 Å². The lowest BCUT2D eigenvalue weighted by molar-refractivity contribution is 0.00608. The highest BCUT2D eigenvalue weighted by molar-refractivity contribution is 5.91. The molecule has 0 aromatic heterocycles. The Hall–Kier alpha value is -2.87. The van der Waals surface area contributed by atoms with E-state index in [1.807, 2.05) is 99.6 Å². The van der Waals surface area contributed by atoms with Crippen molar-refractivity contribution in [2.45, 2.75) is 26.4 Å². The van der Waals surface area contributed by atoms with Crippen molar-refractivity contribution < 1.29 is 9.53 Å². The highest BCUT2D eigenvalue weighted by atomic mass is 16.6. The van der Waals surface area contributed by atoms with E-state index in [0.29, 0.717) is 5.56 Å². The van der Waals surface area contributed by atoms with Crippen molar-refractivity contribution >= 4 is 5.97 Å². The zero-order valence-corrected chi connectivity index (χ0v) is 14.8. The van der Waals surface area contributed by atoms with Gasteiger partial charge in [0.2, 0.25) is 0 Å². The van der Waals surface area contributed by atoms with Crippen LogP contribution in [0.4, 0.5) is 0 Å². The summed E-state index contributed by atoms with van der Waals surface area (Å²) in [6, 6.07) is 25.5. The van der Waals surface area contributed by atoms with Gasteiger partial charge in [-0.3, -0.25) is 0 Å². The summed E-state index contributed by atoms with van der Waals surface area (Å²) in [5.41, 5.74) is 3.69. The Morgan fingerprint density at radius 2 is 1.32 bits per heavy atom. The summed E-state index contributed by atoms with van der Waals surface area (Å²) in [4.78, 5) is 12.9. The van der Waals surface area contributed by atoms with Crippen LogP contribution in [0, 0.1) is 13.8 Å². The number of esters is 1. The first-order valence-corrected chi connectivity index (χ1v) is 8.42. The molecule has 0 saturated heterocycles. The zero-order chi connectivity index (χ0) is 17.9. The van der Waals surface area contributed by atoms with Gasteiger partial charge in [0.1, 0.15) is 0 Å². The maximum atomic E-state index is 12.9. The van der Waals surface area contributed by atoms with E-state index < -0.39 is 5.60 Å². The number of carbonyl (C=O) groups excluding carboxylic acids is 1. The summed E-state index contributed by atoms with van der Waals surface area (Å²) < 4.78 is 6.08. The molecule has 126 valence electrons. The van der Waals surface area contributed by atoms with Crippen LogP contribution in [0.1, 0.15) is 39.5 Å². The van der Waals surface area contributed by atoms with Crippen LogP contribution in [-0.2, 0) is 10.3 Å². The predicted molar refractivity (Wildman–Crippen MR) is 101 cm³/mol. The molecule has 0 radical (unpaired) electrons. The van der Waals surface area contributed by atoms with Crippen molar-refractivity contribution in [3.05, 3.63) is 107 Å². The molecule has 0 atom stereocenters. The third-order valence-corrected chi connectivity index (χ3v) is 4.55. The van der Waals surface area contributed by atoms with Gasteiger partial charge in [-0.1, -0.05) is 78.4 Å². The van der Waals surface area contributed by atoms with Gasteiger partial charge in [-0.05, 0) is 43.5 Å². The van der Waals surface area contributed by atoms with E-state index in [9.17, 15) is 4.79 Å². The van der Waals surface area contributed by atoms with Crippen molar-refractivity contribution in [3.8, 4) is 0 Å². The van der Waals surface area contributed by atoms with Crippen LogP contribution in [-0.4, -0.2) is 5.97 Å². The Labute approximate surface area is 149 Å². The number of hydrogen-bond donors (Lipinski definition) is 0. The number of benzene rings is 3. The first-order valence-electron chi connectivity index (χ1n) is 8.42.